The number of nitrogens with zero attached hydrogens (tertiary/aromatic N) is 1. The van der Waals surface area contributed by atoms with E-state index >= 15 is 0 Å². The minimum atomic E-state index is 0.832. The van der Waals surface area contributed by atoms with Gasteiger partial charge in [0.15, 0.2) is 0 Å². The molecule has 0 aliphatic carbocycles. The Morgan fingerprint density at radius 3 is 2.73 bits per heavy atom. The first kappa shape index (κ1) is 12.3. The maximum absolute atomic E-state index is 6.23. The summed E-state index contributed by atoms with van der Waals surface area (Å²) in [7, 11) is 4.04. The van der Waals surface area contributed by atoms with E-state index in [9.17, 15) is 0 Å². The number of anilines is 1. The second-order valence-corrected chi connectivity index (χ2v) is 4.11. The summed E-state index contributed by atoms with van der Waals surface area (Å²) in [5.74, 6) is 0. The molecule has 0 saturated carbocycles. The van der Waals surface area contributed by atoms with Crippen molar-refractivity contribution in [3.05, 3.63) is 28.8 Å². The van der Waals surface area contributed by atoms with Crippen LogP contribution in [0.15, 0.2) is 18.2 Å². The van der Waals surface area contributed by atoms with E-state index in [4.69, 9.17) is 11.6 Å². The highest BCUT2D eigenvalue weighted by Gasteiger charge is 2.09. The molecule has 0 spiro atoms. The number of halogens is 1. The lowest BCUT2D eigenvalue weighted by atomic mass is 10.1. The van der Waals surface area contributed by atoms with Crippen molar-refractivity contribution >= 4 is 17.3 Å². The number of rotatable bonds is 5. The topological polar surface area (TPSA) is 15.3 Å². The monoisotopic (exact) mass is 226 g/mol. The molecule has 0 heterocycles. The van der Waals surface area contributed by atoms with Crippen molar-refractivity contribution in [3.8, 4) is 0 Å². The Kier molecular flexibility index (Phi) is 4.92. The molecule has 0 atom stereocenters. The summed E-state index contributed by atoms with van der Waals surface area (Å²) in [6, 6.07) is 6.06. The zero-order chi connectivity index (χ0) is 11.3. The Morgan fingerprint density at radius 1 is 1.40 bits per heavy atom. The Balaban J connectivity index is 3.00. The molecule has 3 heteroatoms. The molecule has 0 radical (unpaired) electrons. The molecule has 1 aromatic rings. The summed E-state index contributed by atoms with van der Waals surface area (Å²) < 4.78 is 0. The molecule has 0 aliphatic rings. The first-order valence-electron chi connectivity index (χ1n) is 5.33. The van der Waals surface area contributed by atoms with Crippen LogP contribution in [0.25, 0.3) is 0 Å². The Hall–Kier alpha value is -0.730. The molecule has 0 aromatic heterocycles. The van der Waals surface area contributed by atoms with Crippen LogP contribution in [0.5, 0.6) is 0 Å². The van der Waals surface area contributed by atoms with Crippen molar-refractivity contribution < 1.29 is 0 Å². The van der Waals surface area contributed by atoms with Crippen molar-refractivity contribution in [1.29, 1.82) is 0 Å². The van der Waals surface area contributed by atoms with Crippen LogP contribution >= 0.6 is 11.6 Å². The van der Waals surface area contributed by atoms with E-state index in [1.54, 1.807) is 0 Å². The average molecular weight is 227 g/mol. The van der Waals surface area contributed by atoms with Crippen LogP contribution in [0, 0.1) is 0 Å². The minimum Gasteiger partial charge on any atom is -0.373 e. The van der Waals surface area contributed by atoms with Gasteiger partial charge in [0.05, 0.1) is 10.7 Å². The largest absolute Gasteiger partial charge is 0.373 e. The normalized spacial score (nSPS) is 10.4. The number of nitrogens with one attached hydrogen (secondary N) is 1. The van der Waals surface area contributed by atoms with Gasteiger partial charge in [0, 0.05) is 20.1 Å². The molecule has 2 nitrogen and oxygen atoms in total. The first-order chi connectivity index (χ1) is 7.20. The Bertz CT molecular complexity index is 312. The maximum Gasteiger partial charge on any atom is 0.0642 e. The zero-order valence-electron chi connectivity index (χ0n) is 9.68. The molecule has 1 N–H and O–H groups in total. The summed E-state index contributed by atoms with van der Waals surface area (Å²) in [5, 5.41) is 4.00. The van der Waals surface area contributed by atoms with Gasteiger partial charge >= 0.3 is 0 Å². The average Bonchev–Trinajstić information content (AvgIpc) is 2.18. The van der Waals surface area contributed by atoms with Gasteiger partial charge in [-0.15, -0.1) is 0 Å². The summed E-state index contributed by atoms with van der Waals surface area (Å²) in [6.45, 7) is 4.05. The van der Waals surface area contributed by atoms with Crippen LogP contribution in [0.3, 0.4) is 0 Å². The predicted octanol–water partition coefficient (Wildman–Crippen LogP) is 2.91. The fourth-order valence-electron chi connectivity index (χ4n) is 1.77. The molecule has 84 valence electrons. The highest BCUT2D eigenvalue weighted by molar-refractivity contribution is 6.33. The fourth-order valence-corrected chi connectivity index (χ4v) is 2.11. The van der Waals surface area contributed by atoms with Crippen molar-refractivity contribution in [2.75, 3.05) is 25.5 Å². The number of benzene rings is 1. The van der Waals surface area contributed by atoms with Gasteiger partial charge in [0.2, 0.25) is 0 Å². The van der Waals surface area contributed by atoms with Crippen molar-refractivity contribution in [2.45, 2.75) is 19.9 Å². The summed E-state index contributed by atoms with van der Waals surface area (Å²) >= 11 is 6.23. The van der Waals surface area contributed by atoms with Crippen LogP contribution in [-0.2, 0) is 6.54 Å². The molecule has 0 unspecified atom stereocenters. The van der Waals surface area contributed by atoms with Gasteiger partial charge in [-0.05, 0) is 25.1 Å². The van der Waals surface area contributed by atoms with Crippen LogP contribution in [0.1, 0.15) is 18.9 Å². The molecular formula is C12H19ClN2. The number of hydrogen-bond acceptors (Lipinski definition) is 2. The third-order valence-corrected chi connectivity index (χ3v) is 2.68. The van der Waals surface area contributed by atoms with Gasteiger partial charge in [-0.25, -0.2) is 0 Å². The van der Waals surface area contributed by atoms with E-state index in [-0.39, 0.29) is 0 Å². The van der Waals surface area contributed by atoms with E-state index in [0.717, 1.165) is 30.2 Å². The fraction of sp³-hybridized carbons (Fsp3) is 0.500. The first-order valence-corrected chi connectivity index (χ1v) is 5.71. The lowest BCUT2D eigenvalue weighted by molar-refractivity contribution is 0.797. The van der Waals surface area contributed by atoms with Crippen LogP contribution in [-0.4, -0.2) is 20.6 Å². The Morgan fingerprint density at radius 2 is 2.13 bits per heavy atom. The van der Waals surface area contributed by atoms with Crippen LogP contribution in [0.2, 0.25) is 5.02 Å². The van der Waals surface area contributed by atoms with Gasteiger partial charge in [-0.3, -0.25) is 0 Å². The van der Waals surface area contributed by atoms with Gasteiger partial charge < -0.3 is 10.2 Å². The second-order valence-electron chi connectivity index (χ2n) is 3.70. The smallest absolute Gasteiger partial charge is 0.0642 e. The standard InChI is InChI=1S/C12H19ClN2/c1-4-8-15(3)12-10(9-14-2)6-5-7-11(12)13/h5-7,14H,4,8-9H2,1-3H3. The van der Waals surface area contributed by atoms with Crippen molar-refractivity contribution in [2.24, 2.45) is 0 Å². The van der Waals surface area contributed by atoms with Gasteiger partial charge in [0.1, 0.15) is 0 Å². The second kappa shape index (κ2) is 5.99. The molecule has 1 rings (SSSR count). The van der Waals surface area contributed by atoms with E-state index in [1.165, 1.54) is 5.56 Å². The van der Waals surface area contributed by atoms with E-state index in [0.29, 0.717) is 0 Å². The van der Waals surface area contributed by atoms with E-state index in [1.807, 2.05) is 19.2 Å². The molecule has 1 aromatic carbocycles. The molecule has 0 saturated heterocycles. The number of para-hydroxylation sites is 1. The van der Waals surface area contributed by atoms with E-state index in [2.05, 4.69) is 30.3 Å². The van der Waals surface area contributed by atoms with Crippen molar-refractivity contribution in [3.63, 3.8) is 0 Å². The zero-order valence-corrected chi connectivity index (χ0v) is 10.4. The molecule has 0 bridgehead atoms. The maximum atomic E-state index is 6.23. The van der Waals surface area contributed by atoms with Gasteiger partial charge in [0.25, 0.3) is 0 Å². The molecule has 0 amide bonds. The quantitative estimate of drug-likeness (QED) is 0.831. The highest BCUT2D eigenvalue weighted by atomic mass is 35.5. The predicted molar refractivity (Wildman–Crippen MR) is 67.8 cm³/mol. The summed E-state index contributed by atoms with van der Waals surface area (Å²) in [5.41, 5.74) is 2.40. The van der Waals surface area contributed by atoms with Gasteiger partial charge in [-0.1, -0.05) is 30.7 Å². The van der Waals surface area contributed by atoms with E-state index < -0.39 is 0 Å². The third kappa shape index (κ3) is 3.11. The Labute approximate surface area is 97.2 Å². The SMILES string of the molecule is CCCN(C)c1c(Cl)cccc1CNC. The number of hydrogen-bond donors (Lipinski definition) is 1. The summed E-state index contributed by atoms with van der Waals surface area (Å²) in [6.07, 6.45) is 1.13. The lowest BCUT2D eigenvalue weighted by Gasteiger charge is -2.23. The van der Waals surface area contributed by atoms with Crippen LogP contribution in [0.4, 0.5) is 5.69 Å². The highest BCUT2D eigenvalue weighted by Crippen LogP contribution is 2.29. The molecule has 15 heavy (non-hydrogen) atoms. The minimum absolute atomic E-state index is 0.832. The van der Waals surface area contributed by atoms with Crippen molar-refractivity contribution in [1.82, 2.24) is 5.32 Å². The lowest BCUT2D eigenvalue weighted by Crippen LogP contribution is -2.21. The third-order valence-electron chi connectivity index (χ3n) is 2.38. The molecule has 0 fully saturated rings. The molecular weight excluding hydrogens is 208 g/mol. The van der Waals surface area contributed by atoms with Gasteiger partial charge in [-0.2, -0.15) is 0 Å². The molecule has 0 aliphatic heterocycles. The summed E-state index contributed by atoms with van der Waals surface area (Å²) in [4.78, 5) is 2.22. The van der Waals surface area contributed by atoms with Crippen LogP contribution < -0.4 is 10.2 Å².